The first kappa shape index (κ1) is 20.8. The zero-order valence-corrected chi connectivity index (χ0v) is 16.4. The highest BCUT2D eigenvalue weighted by atomic mass is 19.1. The van der Waals surface area contributed by atoms with Crippen LogP contribution in [-0.4, -0.2) is 17.4 Å². The number of nitrogens with zero attached hydrogens (tertiary/aromatic N) is 1. The van der Waals surface area contributed by atoms with Crippen LogP contribution in [0.4, 0.5) is 4.39 Å². The van der Waals surface area contributed by atoms with E-state index in [0.29, 0.717) is 11.7 Å². The van der Waals surface area contributed by atoms with Gasteiger partial charge in [-0.05, 0) is 62.1 Å². The van der Waals surface area contributed by atoms with E-state index in [2.05, 4.69) is 38.0 Å². The summed E-state index contributed by atoms with van der Waals surface area (Å²) in [5, 5.41) is 3.55. The monoisotopic (exact) mass is 373 g/mol. The summed E-state index contributed by atoms with van der Waals surface area (Å²) in [5.41, 5.74) is 5.85. The van der Waals surface area contributed by atoms with Crippen molar-refractivity contribution in [3.63, 3.8) is 0 Å². The fraction of sp³-hybridized carbons (Fsp3) is 0.429. The van der Waals surface area contributed by atoms with Crippen LogP contribution in [0.2, 0.25) is 0 Å². The first-order valence-corrected chi connectivity index (χ1v) is 9.24. The maximum atomic E-state index is 14.6. The van der Waals surface area contributed by atoms with Crippen molar-refractivity contribution in [1.82, 2.24) is 10.3 Å². The van der Waals surface area contributed by atoms with Crippen LogP contribution < -0.4 is 15.8 Å². The highest BCUT2D eigenvalue weighted by Gasteiger charge is 2.25. The molecule has 1 unspecified atom stereocenters. The molecule has 2 aromatic rings. The van der Waals surface area contributed by atoms with Gasteiger partial charge in [0.25, 0.3) is 5.91 Å². The van der Waals surface area contributed by atoms with Crippen LogP contribution in [0, 0.1) is 11.7 Å². The molecule has 5 nitrogen and oxygen atoms in total. The number of primary amides is 1. The Morgan fingerprint density at radius 3 is 2.59 bits per heavy atom. The molecule has 0 aliphatic rings. The Hall–Kier alpha value is -2.47. The third-order valence-corrected chi connectivity index (χ3v) is 4.73. The summed E-state index contributed by atoms with van der Waals surface area (Å²) in [7, 11) is 0. The van der Waals surface area contributed by atoms with Crippen molar-refractivity contribution in [3.8, 4) is 11.5 Å². The van der Waals surface area contributed by atoms with E-state index in [0.717, 1.165) is 24.9 Å². The first-order valence-electron chi connectivity index (χ1n) is 9.24. The smallest absolute Gasteiger partial charge is 0.267 e. The third-order valence-electron chi connectivity index (χ3n) is 4.73. The molecule has 27 heavy (non-hydrogen) atoms. The number of carbonyl (C=O) groups is 1. The van der Waals surface area contributed by atoms with Gasteiger partial charge in [-0.25, -0.2) is 9.37 Å². The summed E-state index contributed by atoms with van der Waals surface area (Å²) in [5.74, 6) is -0.0219. The summed E-state index contributed by atoms with van der Waals surface area (Å²) < 4.78 is 20.2. The second-order valence-electron chi connectivity index (χ2n) is 7.29. The van der Waals surface area contributed by atoms with Gasteiger partial charge >= 0.3 is 0 Å². The predicted molar refractivity (Wildman–Crippen MR) is 104 cm³/mol. The number of aromatic nitrogens is 1. The normalized spacial score (nSPS) is 13.4. The zero-order chi connectivity index (χ0) is 20.0. The van der Waals surface area contributed by atoms with E-state index in [4.69, 9.17) is 10.5 Å². The van der Waals surface area contributed by atoms with Crippen molar-refractivity contribution < 1.29 is 13.9 Å². The number of amides is 1. The van der Waals surface area contributed by atoms with Crippen molar-refractivity contribution in [2.75, 3.05) is 6.54 Å². The number of benzene rings is 1. The second kappa shape index (κ2) is 8.95. The molecule has 1 amide bonds. The summed E-state index contributed by atoms with van der Waals surface area (Å²) in [4.78, 5) is 14.9. The highest BCUT2D eigenvalue weighted by Crippen LogP contribution is 2.30. The van der Waals surface area contributed by atoms with Gasteiger partial charge in [0.05, 0.1) is 6.20 Å². The Morgan fingerprint density at radius 1 is 1.33 bits per heavy atom. The number of hydrogen-bond donors (Lipinski definition) is 2. The standard InChI is InChI=1S/C21H28FN3O2/c1-5-21(4,25-11-10-14(2)3)15-6-9-19(17(22)12-15)27-16-7-8-18(20(23)26)24-13-16/h6-9,12-14,25H,5,10-11H2,1-4H3,(H2,23,26). The Balaban J connectivity index is 2.14. The van der Waals surface area contributed by atoms with Gasteiger partial charge in [0.15, 0.2) is 11.6 Å². The largest absolute Gasteiger partial charge is 0.453 e. The van der Waals surface area contributed by atoms with E-state index in [-0.39, 0.29) is 17.0 Å². The molecule has 0 spiro atoms. The van der Waals surface area contributed by atoms with Crippen molar-refractivity contribution >= 4 is 5.91 Å². The molecule has 1 aromatic carbocycles. The van der Waals surface area contributed by atoms with Gasteiger partial charge in [-0.3, -0.25) is 4.79 Å². The number of carbonyl (C=O) groups excluding carboxylic acids is 1. The van der Waals surface area contributed by atoms with Crippen LogP contribution in [0.1, 0.15) is 56.6 Å². The molecule has 0 saturated heterocycles. The molecule has 1 atom stereocenters. The van der Waals surface area contributed by atoms with E-state index < -0.39 is 11.7 Å². The first-order chi connectivity index (χ1) is 12.7. The molecule has 0 aliphatic carbocycles. The van der Waals surface area contributed by atoms with E-state index in [1.807, 2.05) is 6.07 Å². The minimum atomic E-state index is -0.624. The van der Waals surface area contributed by atoms with Crippen LogP contribution in [-0.2, 0) is 5.54 Å². The summed E-state index contributed by atoms with van der Waals surface area (Å²) in [6.45, 7) is 9.40. The number of halogens is 1. The summed E-state index contributed by atoms with van der Waals surface area (Å²) in [6.07, 6.45) is 3.24. The van der Waals surface area contributed by atoms with Crippen molar-refractivity contribution in [1.29, 1.82) is 0 Å². The van der Waals surface area contributed by atoms with E-state index >= 15 is 0 Å². The average molecular weight is 373 g/mol. The van der Waals surface area contributed by atoms with Crippen molar-refractivity contribution in [2.24, 2.45) is 11.7 Å². The lowest BCUT2D eigenvalue weighted by molar-refractivity contribution is 0.0995. The van der Waals surface area contributed by atoms with Gasteiger partial charge in [-0.1, -0.05) is 26.8 Å². The lowest BCUT2D eigenvalue weighted by Gasteiger charge is -2.31. The molecule has 1 aromatic heterocycles. The van der Waals surface area contributed by atoms with Crippen LogP contribution >= 0.6 is 0 Å². The minimum absolute atomic E-state index is 0.105. The minimum Gasteiger partial charge on any atom is -0.453 e. The molecular formula is C21H28FN3O2. The Kier molecular flexibility index (Phi) is 6.91. The quantitative estimate of drug-likeness (QED) is 0.684. The Bertz CT molecular complexity index is 777. The zero-order valence-electron chi connectivity index (χ0n) is 16.4. The SMILES string of the molecule is CCC(C)(NCCC(C)C)c1ccc(Oc2ccc(C(N)=O)nc2)c(F)c1. The topological polar surface area (TPSA) is 77.2 Å². The molecule has 0 saturated carbocycles. The van der Waals surface area contributed by atoms with Crippen LogP contribution in [0.3, 0.4) is 0 Å². The van der Waals surface area contributed by atoms with Crippen molar-refractivity contribution in [3.05, 3.63) is 53.6 Å². The molecule has 0 aliphatic heterocycles. The van der Waals surface area contributed by atoms with E-state index in [9.17, 15) is 9.18 Å². The molecule has 6 heteroatoms. The predicted octanol–water partition coefficient (Wildman–Crippen LogP) is 4.37. The molecule has 2 rings (SSSR count). The molecule has 146 valence electrons. The average Bonchev–Trinajstić information content (AvgIpc) is 2.63. The fourth-order valence-electron chi connectivity index (χ4n) is 2.71. The number of nitrogens with one attached hydrogen (secondary N) is 1. The van der Waals surface area contributed by atoms with Crippen molar-refractivity contribution in [2.45, 2.75) is 46.1 Å². The third kappa shape index (κ3) is 5.50. The van der Waals surface area contributed by atoms with Crippen LogP contribution in [0.25, 0.3) is 0 Å². The molecule has 3 N–H and O–H groups in total. The molecule has 0 fully saturated rings. The van der Waals surface area contributed by atoms with Gasteiger partial charge in [0.1, 0.15) is 11.4 Å². The summed E-state index contributed by atoms with van der Waals surface area (Å²) in [6, 6.07) is 7.97. The Labute approximate surface area is 160 Å². The summed E-state index contributed by atoms with van der Waals surface area (Å²) >= 11 is 0. The maximum absolute atomic E-state index is 14.6. The molecular weight excluding hydrogens is 345 g/mol. The fourth-order valence-corrected chi connectivity index (χ4v) is 2.71. The van der Waals surface area contributed by atoms with Gasteiger partial charge < -0.3 is 15.8 Å². The van der Waals surface area contributed by atoms with Gasteiger partial charge in [-0.2, -0.15) is 0 Å². The number of hydrogen-bond acceptors (Lipinski definition) is 4. The lowest BCUT2D eigenvalue weighted by atomic mass is 9.88. The highest BCUT2D eigenvalue weighted by molar-refractivity contribution is 5.90. The van der Waals surface area contributed by atoms with Crippen LogP contribution in [0.15, 0.2) is 36.5 Å². The van der Waals surface area contributed by atoms with Gasteiger partial charge in [-0.15, -0.1) is 0 Å². The number of ether oxygens (including phenoxy) is 1. The molecule has 1 heterocycles. The molecule has 0 radical (unpaired) electrons. The van der Waals surface area contributed by atoms with Crippen LogP contribution in [0.5, 0.6) is 11.5 Å². The van der Waals surface area contributed by atoms with E-state index in [1.165, 1.54) is 24.4 Å². The number of rotatable bonds is 9. The van der Waals surface area contributed by atoms with Gasteiger partial charge in [0.2, 0.25) is 0 Å². The lowest BCUT2D eigenvalue weighted by Crippen LogP contribution is -2.40. The van der Waals surface area contributed by atoms with Gasteiger partial charge in [0, 0.05) is 5.54 Å². The Morgan fingerprint density at radius 2 is 2.07 bits per heavy atom. The van der Waals surface area contributed by atoms with E-state index in [1.54, 1.807) is 6.07 Å². The number of nitrogens with two attached hydrogens (primary N) is 1. The maximum Gasteiger partial charge on any atom is 0.267 e. The number of pyridine rings is 1. The molecule has 0 bridgehead atoms. The second-order valence-corrected chi connectivity index (χ2v) is 7.29.